The zero-order valence-electron chi connectivity index (χ0n) is 16.0. The van der Waals surface area contributed by atoms with E-state index in [2.05, 4.69) is 34.4 Å². The Morgan fingerprint density at radius 3 is 2.54 bits per heavy atom. The molecule has 148 valence electrons. The predicted molar refractivity (Wildman–Crippen MR) is 115 cm³/mol. The van der Waals surface area contributed by atoms with Gasteiger partial charge in [0.25, 0.3) is 5.91 Å². The fourth-order valence-electron chi connectivity index (χ4n) is 3.01. The van der Waals surface area contributed by atoms with E-state index in [1.165, 1.54) is 19.3 Å². The van der Waals surface area contributed by atoms with E-state index in [1.54, 1.807) is 12.1 Å². The fourth-order valence-corrected chi connectivity index (χ4v) is 3.01. The number of guanidine groups is 1. The molecule has 0 aliphatic carbocycles. The predicted octanol–water partition coefficient (Wildman–Crippen LogP) is 2.32. The molecule has 1 aromatic heterocycles. The lowest BCUT2D eigenvalue weighted by Crippen LogP contribution is -2.54. The minimum Gasteiger partial charge on any atom is -0.454 e. The second-order valence-corrected chi connectivity index (χ2v) is 7.04. The number of nitrogens with one attached hydrogen (secondary N) is 2. The van der Waals surface area contributed by atoms with Crippen LogP contribution in [0.4, 0.5) is 0 Å². The van der Waals surface area contributed by atoms with Crippen LogP contribution >= 0.6 is 24.0 Å². The van der Waals surface area contributed by atoms with Gasteiger partial charge in [-0.25, -0.2) is 4.99 Å². The maximum absolute atomic E-state index is 11.1. The van der Waals surface area contributed by atoms with Crippen molar-refractivity contribution >= 4 is 35.8 Å². The molecule has 2 rings (SSSR count). The zero-order valence-corrected chi connectivity index (χ0v) is 18.3. The summed E-state index contributed by atoms with van der Waals surface area (Å²) in [6.45, 7) is 10.8. The number of aliphatic imine (C=N–C) groups is 1. The molecule has 4 N–H and O–H groups in total. The molecule has 0 spiro atoms. The van der Waals surface area contributed by atoms with Gasteiger partial charge in [-0.2, -0.15) is 0 Å². The molecule has 8 heteroatoms. The number of nitrogens with zero attached hydrogens (tertiary/aromatic N) is 2. The highest BCUT2D eigenvalue weighted by atomic mass is 127. The smallest absolute Gasteiger partial charge is 0.284 e. The minimum atomic E-state index is -0.566. The Labute approximate surface area is 173 Å². The first kappa shape index (κ1) is 22.8. The van der Waals surface area contributed by atoms with Gasteiger partial charge in [-0.3, -0.25) is 9.69 Å². The third kappa shape index (κ3) is 6.79. The first-order chi connectivity index (χ1) is 11.9. The van der Waals surface area contributed by atoms with Gasteiger partial charge in [0.2, 0.25) is 0 Å². The van der Waals surface area contributed by atoms with Gasteiger partial charge < -0.3 is 20.8 Å². The number of likely N-dealkylation sites (tertiary alicyclic amines) is 1. The van der Waals surface area contributed by atoms with Crippen LogP contribution in [-0.2, 0) is 6.54 Å². The number of piperidine rings is 1. The summed E-state index contributed by atoms with van der Waals surface area (Å²) >= 11 is 0. The largest absolute Gasteiger partial charge is 0.454 e. The molecule has 0 bridgehead atoms. The van der Waals surface area contributed by atoms with E-state index < -0.39 is 5.91 Å². The third-order valence-electron chi connectivity index (χ3n) is 4.54. The summed E-state index contributed by atoms with van der Waals surface area (Å²) in [6, 6.07) is 3.30. The highest BCUT2D eigenvalue weighted by Crippen LogP contribution is 2.19. The highest BCUT2D eigenvalue weighted by molar-refractivity contribution is 14.0. The van der Waals surface area contributed by atoms with Crippen molar-refractivity contribution in [1.82, 2.24) is 15.5 Å². The van der Waals surface area contributed by atoms with Crippen molar-refractivity contribution in [3.63, 3.8) is 0 Å². The van der Waals surface area contributed by atoms with Gasteiger partial charge in [0.05, 0.1) is 0 Å². The van der Waals surface area contributed by atoms with Crippen LogP contribution in [0.2, 0.25) is 0 Å². The van der Waals surface area contributed by atoms with Crippen LogP contribution < -0.4 is 16.4 Å². The zero-order chi connectivity index (χ0) is 18.3. The topological polar surface area (TPSA) is 95.9 Å². The molecule has 7 nitrogen and oxygen atoms in total. The maximum Gasteiger partial charge on any atom is 0.284 e. The van der Waals surface area contributed by atoms with Crippen molar-refractivity contribution in [2.24, 2.45) is 10.7 Å². The molecule has 1 aliphatic rings. The lowest BCUT2D eigenvalue weighted by Gasteiger charge is -2.41. The quantitative estimate of drug-likeness (QED) is 0.318. The Morgan fingerprint density at radius 1 is 1.27 bits per heavy atom. The van der Waals surface area contributed by atoms with Crippen LogP contribution in [0.1, 0.15) is 56.3 Å². The third-order valence-corrected chi connectivity index (χ3v) is 4.54. The Bertz CT molecular complexity index is 594. The van der Waals surface area contributed by atoms with E-state index in [0.717, 1.165) is 32.1 Å². The molecular formula is C18H32IN5O2. The van der Waals surface area contributed by atoms with Gasteiger partial charge >= 0.3 is 0 Å². The molecule has 1 fully saturated rings. The molecule has 26 heavy (non-hydrogen) atoms. The van der Waals surface area contributed by atoms with E-state index in [9.17, 15) is 4.79 Å². The first-order valence-electron chi connectivity index (χ1n) is 9.08. The number of hydrogen-bond acceptors (Lipinski definition) is 4. The summed E-state index contributed by atoms with van der Waals surface area (Å²) in [6.07, 6.45) is 3.89. The number of rotatable bonds is 7. The number of carbonyl (C=O) groups excluding carboxylic acids is 1. The second-order valence-electron chi connectivity index (χ2n) is 7.04. The molecule has 1 saturated heterocycles. The monoisotopic (exact) mass is 477 g/mol. The Balaban J connectivity index is 0.00000338. The molecule has 1 aromatic rings. The van der Waals surface area contributed by atoms with Gasteiger partial charge in [0.1, 0.15) is 12.3 Å². The number of nitrogens with two attached hydrogens (primary N) is 1. The summed E-state index contributed by atoms with van der Waals surface area (Å²) in [7, 11) is 0. The van der Waals surface area contributed by atoms with Gasteiger partial charge in [-0.05, 0) is 58.8 Å². The van der Waals surface area contributed by atoms with Crippen molar-refractivity contribution < 1.29 is 9.21 Å². The number of carbonyl (C=O) groups is 1. The van der Waals surface area contributed by atoms with Crippen LogP contribution in [0.5, 0.6) is 0 Å². The number of furan rings is 1. The first-order valence-corrected chi connectivity index (χ1v) is 9.08. The van der Waals surface area contributed by atoms with E-state index >= 15 is 0 Å². The second kappa shape index (κ2) is 10.8. The van der Waals surface area contributed by atoms with Gasteiger partial charge in [0, 0.05) is 18.6 Å². The summed E-state index contributed by atoms with van der Waals surface area (Å²) in [5.41, 5.74) is 5.27. The molecule has 0 unspecified atom stereocenters. The average molecular weight is 477 g/mol. The standard InChI is InChI=1S/C18H31N5O2.HI/c1-4-20-17(21-12-14-8-9-15(25-14)16(19)24)22-13-18(2,3)23-10-6-5-7-11-23;/h8-9H,4-7,10-13H2,1-3H3,(H2,19,24)(H2,20,21,22);1H. The van der Waals surface area contributed by atoms with E-state index in [1.807, 2.05) is 6.92 Å². The summed E-state index contributed by atoms with van der Waals surface area (Å²) in [5.74, 6) is 0.948. The van der Waals surface area contributed by atoms with Crippen LogP contribution in [0, 0.1) is 0 Å². The Hall–Kier alpha value is -1.29. The van der Waals surface area contributed by atoms with Crippen LogP contribution in [0.3, 0.4) is 0 Å². The van der Waals surface area contributed by atoms with Crippen molar-refractivity contribution in [1.29, 1.82) is 0 Å². The summed E-state index contributed by atoms with van der Waals surface area (Å²) in [5, 5.41) is 6.67. The van der Waals surface area contributed by atoms with Crippen molar-refractivity contribution in [2.75, 3.05) is 26.2 Å². The molecule has 0 radical (unpaired) electrons. The lowest BCUT2D eigenvalue weighted by molar-refractivity contribution is 0.0971. The van der Waals surface area contributed by atoms with Gasteiger partial charge in [-0.1, -0.05) is 6.42 Å². The van der Waals surface area contributed by atoms with Crippen LogP contribution in [-0.4, -0.2) is 48.5 Å². The maximum atomic E-state index is 11.1. The highest BCUT2D eigenvalue weighted by Gasteiger charge is 2.27. The molecule has 2 heterocycles. The van der Waals surface area contributed by atoms with E-state index in [4.69, 9.17) is 10.2 Å². The number of amides is 1. The van der Waals surface area contributed by atoms with Crippen molar-refractivity contribution in [2.45, 2.75) is 52.1 Å². The van der Waals surface area contributed by atoms with Crippen molar-refractivity contribution in [3.8, 4) is 0 Å². The van der Waals surface area contributed by atoms with Gasteiger partial charge in [-0.15, -0.1) is 24.0 Å². The molecule has 0 atom stereocenters. The number of hydrogen-bond donors (Lipinski definition) is 3. The van der Waals surface area contributed by atoms with E-state index in [-0.39, 0.29) is 35.3 Å². The van der Waals surface area contributed by atoms with Crippen LogP contribution in [0.25, 0.3) is 0 Å². The average Bonchev–Trinajstić information content (AvgIpc) is 3.07. The van der Waals surface area contributed by atoms with Gasteiger partial charge in [0.15, 0.2) is 11.7 Å². The minimum absolute atomic E-state index is 0. The summed E-state index contributed by atoms with van der Waals surface area (Å²) < 4.78 is 5.37. The van der Waals surface area contributed by atoms with Crippen LogP contribution in [0.15, 0.2) is 21.5 Å². The summed E-state index contributed by atoms with van der Waals surface area (Å²) in [4.78, 5) is 18.2. The fraction of sp³-hybridized carbons (Fsp3) is 0.667. The normalized spacial score (nSPS) is 16.0. The molecule has 1 aliphatic heterocycles. The lowest BCUT2D eigenvalue weighted by atomic mass is 9.98. The molecule has 0 aromatic carbocycles. The van der Waals surface area contributed by atoms with Crippen molar-refractivity contribution in [3.05, 3.63) is 23.7 Å². The SMILES string of the molecule is CCNC(=NCc1ccc(C(N)=O)o1)NCC(C)(C)N1CCCCC1.I. The van der Waals surface area contributed by atoms with E-state index in [0.29, 0.717) is 12.3 Å². The number of primary amides is 1. The number of halogens is 1. The molecule has 1 amide bonds. The molecular weight excluding hydrogens is 445 g/mol. The molecule has 0 saturated carbocycles. The Morgan fingerprint density at radius 2 is 1.96 bits per heavy atom. The Kier molecular flexibility index (Phi) is 9.42.